The summed E-state index contributed by atoms with van der Waals surface area (Å²) in [6, 6.07) is 7.87. The zero-order chi connectivity index (χ0) is 13.7. The lowest BCUT2D eigenvalue weighted by Gasteiger charge is -2.17. The highest BCUT2D eigenvalue weighted by molar-refractivity contribution is 9.10. The van der Waals surface area contributed by atoms with Gasteiger partial charge in [0, 0.05) is 29.1 Å². The average Bonchev–Trinajstić information content (AvgIpc) is 2.85. The Balaban J connectivity index is 1.93. The van der Waals surface area contributed by atoms with Gasteiger partial charge in [0.1, 0.15) is 0 Å². The Morgan fingerprint density at radius 3 is 2.95 bits per heavy atom. The van der Waals surface area contributed by atoms with Crippen LogP contribution in [0.2, 0.25) is 0 Å². The largest absolute Gasteiger partial charge is 0.396 e. The van der Waals surface area contributed by atoms with E-state index in [0.29, 0.717) is 0 Å². The molecule has 0 saturated heterocycles. The third kappa shape index (κ3) is 3.91. The van der Waals surface area contributed by atoms with Crippen molar-refractivity contribution in [3.8, 4) is 0 Å². The molecule has 2 rings (SSSR count). The molecule has 0 heterocycles. The number of benzene rings is 1. The molecule has 2 unspecified atom stereocenters. The fraction of sp³-hybridized carbons (Fsp3) is 0.400. The van der Waals surface area contributed by atoms with E-state index in [1.807, 2.05) is 24.3 Å². The highest BCUT2D eigenvalue weighted by Crippen LogP contribution is 2.25. The summed E-state index contributed by atoms with van der Waals surface area (Å²) in [6.07, 6.45) is 6.37. The summed E-state index contributed by atoms with van der Waals surface area (Å²) in [4.78, 5) is 11.9. The molecule has 0 aromatic heterocycles. The first kappa shape index (κ1) is 14.3. The van der Waals surface area contributed by atoms with Crippen molar-refractivity contribution in [1.29, 1.82) is 0 Å². The van der Waals surface area contributed by atoms with E-state index in [-0.39, 0.29) is 24.5 Å². The minimum absolute atomic E-state index is 0.0962. The van der Waals surface area contributed by atoms with Crippen molar-refractivity contribution in [2.45, 2.75) is 25.3 Å². The van der Waals surface area contributed by atoms with Gasteiger partial charge in [-0.1, -0.05) is 40.5 Å². The maximum Gasteiger partial charge on any atom is 0.244 e. The smallest absolute Gasteiger partial charge is 0.244 e. The van der Waals surface area contributed by atoms with E-state index in [2.05, 4.69) is 21.2 Å². The Morgan fingerprint density at radius 2 is 2.21 bits per heavy atom. The summed E-state index contributed by atoms with van der Waals surface area (Å²) >= 11 is 3.44. The lowest BCUT2D eigenvalue weighted by Crippen LogP contribution is -2.37. The zero-order valence-corrected chi connectivity index (χ0v) is 12.3. The molecule has 0 radical (unpaired) electrons. The lowest BCUT2D eigenvalue weighted by atomic mass is 10.1. The first-order valence-electron chi connectivity index (χ1n) is 6.54. The topological polar surface area (TPSA) is 49.3 Å². The van der Waals surface area contributed by atoms with Gasteiger partial charge < -0.3 is 10.4 Å². The fourth-order valence-corrected chi connectivity index (χ4v) is 2.87. The van der Waals surface area contributed by atoms with Crippen LogP contribution in [0.15, 0.2) is 34.8 Å². The summed E-state index contributed by atoms with van der Waals surface area (Å²) in [5, 5.41) is 12.2. The summed E-state index contributed by atoms with van der Waals surface area (Å²) in [6.45, 7) is 0.152. The zero-order valence-electron chi connectivity index (χ0n) is 10.7. The highest BCUT2D eigenvalue weighted by atomic mass is 79.9. The van der Waals surface area contributed by atoms with Crippen molar-refractivity contribution in [2.75, 3.05) is 6.61 Å². The Hall–Kier alpha value is -1.13. The van der Waals surface area contributed by atoms with E-state index < -0.39 is 0 Å². The van der Waals surface area contributed by atoms with Gasteiger partial charge in [0.25, 0.3) is 0 Å². The Bertz CT molecular complexity index is 473. The van der Waals surface area contributed by atoms with Crippen LogP contribution >= 0.6 is 15.9 Å². The Labute approximate surface area is 121 Å². The first-order chi connectivity index (χ1) is 9.20. The van der Waals surface area contributed by atoms with Gasteiger partial charge in [0.05, 0.1) is 0 Å². The van der Waals surface area contributed by atoms with Gasteiger partial charge in [0.2, 0.25) is 5.91 Å². The summed E-state index contributed by atoms with van der Waals surface area (Å²) in [7, 11) is 0. The lowest BCUT2D eigenvalue weighted by molar-refractivity contribution is -0.117. The first-order valence-corrected chi connectivity index (χ1v) is 7.34. The van der Waals surface area contributed by atoms with E-state index in [0.717, 1.165) is 29.3 Å². The molecule has 1 amide bonds. The predicted molar refractivity (Wildman–Crippen MR) is 79.5 cm³/mol. The van der Waals surface area contributed by atoms with Crippen LogP contribution < -0.4 is 5.32 Å². The van der Waals surface area contributed by atoms with Gasteiger partial charge in [-0.3, -0.25) is 4.79 Å². The third-order valence-corrected chi connectivity index (χ3v) is 4.26. The molecular formula is C15H18BrNO2. The van der Waals surface area contributed by atoms with Crippen LogP contribution in [0, 0.1) is 5.92 Å². The number of hydrogen-bond donors (Lipinski definition) is 2. The molecule has 1 aliphatic carbocycles. The van der Waals surface area contributed by atoms with Gasteiger partial charge in [-0.2, -0.15) is 0 Å². The van der Waals surface area contributed by atoms with Gasteiger partial charge in [-0.05, 0) is 30.5 Å². The van der Waals surface area contributed by atoms with Gasteiger partial charge >= 0.3 is 0 Å². The molecule has 3 nitrogen and oxygen atoms in total. The van der Waals surface area contributed by atoms with Gasteiger partial charge in [-0.25, -0.2) is 0 Å². The number of nitrogens with one attached hydrogen (secondary N) is 1. The maximum absolute atomic E-state index is 11.9. The van der Waals surface area contributed by atoms with Crippen LogP contribution in [0.4, 0.5) is 0 Å². The molecule has 1 saturated carbocycles. The number of halogens is 1. The third-order valence-electron chi connectivity index (χ3n) is 3.54. The molecule has 2 N–H and O–H groups in total. The molecule has 1 aromatic carbocycles. The van der Waals surface area contributed by atoms with E-state index >= 15 is 0 Å². The molecule has 1 aromatic rings. The second-order valence-electron chi connectivity index (χ2n) is 4.84. The molecule has 2 atom stereocenters. The second kappa shape index (κ2) is 6.87. The monoisotopic (exact) mass is 323 g/mol. The second-order valence-corrected chi connectivity index (χ2v) is 5.70. The Morgan fingerprint density at radius 1 is 1.42 bits per heavy atom. The summed E-state index contributed by atoms with van der Waals surface area (Å²) in [5.41, 5.74) is 0.975. The summed E-state index contributed by atoms with van der Waals surface area (Å²) < 4.78 is 0.966. The van der Waals surface area contributed by atoms with Gasteiger partial charge in [0.15, 0.2) is 0 Å². The molecule has 0 aliphatic heterocycles. The summed E-state index contributed by atoms with van der Waals surface area (Å²) in [5.74, 6) is 0.113. The standard InChI is InChI=1S/C15H18BrNO2/c16-13-6-2-1-4-11(13)8-9-15(19)17-14-7-3-5-12(14)10-18/h1-2,4,6,8-9,12,14,18H,3,5,7,10H2,(H,17,19)/b9-8+. The predicted octanol–water partition coefficient (Wildman–Crippen LogP) is 2.74. The fourth-order valence-electron chi connectivity index (χ4n) is 2.45. The molecule has 0 spiro atoms. The molecule has 102 valence electrons. The van der Waals surface area contributed by atoms with Crippen LogP contribution in [0.3, 0.4) is 0 Å². The van der Waals surface area contributed by atoms with Crippen LogP contribution in [-0.2, 0) is 4.79 Å². The molecule has 1 fully saturated rings. The van der Waals surface area contributed by atoms with E-state index in [9.17, 15) is 9.90 Å². The van der Waals surface area contributed by atoms with E-state index in [1.54, 1.807) is 12.2 Å². The number of hydrogen-bond acceptors (Lipinski definition) is 2. The van der Waals surface area contributed by atoms with E-state index in [1.165, 1.54) is 0 Å². The SMILES string of the molecule is O=C(/C=C/c1ccccc1Br)NC1CCCC1CO. The van der Waals surface area contributed by atoms with Gasteiger partial charge in [-0.15, -0.1) is 0 Å². The Kier molecular flexibility index (Phi) is 5.16. The van der Waals surface area contributed by atoms with E-state index in [4.69, 9.17) is 0 Å². The number of aliphatic hydroxyl groups is 1. The molecule has 4 heteroatoms. The number of rotatable bonds is 4. The van der Waals surface area contributed by atoms with Crippen LogP contribution in [0.5, 0.6) is 0 Å². The van der Waals surface area contributed by atoms with Crippen molar-refractivity contribution >= 4 is 27.9 Å². The average molecular weight is 324 g/mol. The maximum atomic E-state index is 11.9. The van der Waals surface area contributed by atoms with Crippen LogP contribution in [-0.4, -0.2) is 23.7 Å². The van der Waals surface area contributed by atoms with Crippen LogP contribution in [0.1, 0.15) is 24.8 Å². The van der Waals surface area contributed by atoms with Crippen LogP contribution in [0.25, 0.3) is 6.08 Å². The van der Waals surface area contributed by atoms with Crippen molar-refractivity contribution in [1.82, 2.24) is 5.32 Å². The molecule has 0 bridgehead atoms. The van der Waals surface area contributed by atoms with Crippen molar-refractivity contribution in [2.24, 2.45) is 5.92 Å². The van der Waals surface area contributed by atoms with Crippen molar-refractivity contribution in [3.63, 3.8) is 0 Å². The molecule has 19 heavy (non-hydrogen) atoms. The van der Waals surface area contributed by atoms with Crippen molar-refractivity contribution in [3.05, 3.63) is 40.4 Å². The quantitative estimate of drug-likeness (QED) is 0.837. The number of carbonyl (C=O) groups excluding carboxylic acids is 1. The number of amides is 1. The normalized spacial score (nSPS) is 22.8. The molecular weight excluding hydrogens is 306 g/mol. The number of aliphatic hydroxyl groups excluding tert-OH is 1. The number of carbonyl (C=O) groups is 1. The highest BCUT2D eigenvalue weighted by Gasteiger charge is 2.27. The molecule has 1 aliphatic rings. The minimum Gasteiger partial charge on any atom is -0.396 e. The van der Waals surface area contributed by atoms with Crippen molar-refractivity contribution < 1.29 is 9.90 Å². The minimum atomic E-state index is -0.0962.